The smallest absolute Gasteiger partial charge is 0.129 e. The molecule has 0 saturated carbocycles. The zero-order chi connectivity index (χ0) is 15.2. The van der Waals surface area contributed by atoms with Crippen LogP contribution in [0.3, 0.4) is 0 Å². The van der Waals surface area contributed by atoms with E-state index in [0.717, 1.165) is 24.6 Å². The number of rotatable bonds is 6. The molecule has 112 valence electrons. The molecule has 0 spiro atoms. The van der Waals surface area contributed by atoms with Gasteiger partial charge in [-0.15, -0.1) is 0 Å². The molecule has 1 N–H and O–H groups in total. The first-order valence-electron chi connectivity index (χ1n) is 7.03. The third-order valence-corrected chi connectivity index (χ3v) is 3.33. The van der Waals surface area contributed by atoms with E-state index in [1.165, 1.54) is 24.3 Å². The van der Waals surface area contributed by atoms with Gasteiger partial charge in [0.15, 0.2) is 0 Å². The maximum absolute atomic E-state index is 13.8. The Hall–Kier alpha value is -1.81. The lowest BCUT2D eigenvalue weighted by Gasteiger charge is -2.19. The van der Waals surface area contributed by atoms with Crippen LogP contribution in [0, 0.1) is 17.5 Å². The molecule has 4 heteroatoms. The quantitative estimate of drug-likeness (QED) is 0.833. The van der Waals surface area contributed by atoms with Crippen LogP contribution in [0.15, 0.2) is 42.5 Å². The highest BCUT2D eigenvalue weighted by Crippen LogP contribution is 2.21. The first kappa shape index (κ1) is 15.6. The van der Waals surface area contributed by atoms with E-state index in [2.05, 4.69) is 5.32 Å². The van der Waals surface area contributed by atoms with Crippen LogP contribution in [0.2, 0.25) is 0 Å². The molecule has 1 nitrogen and oxygen atoms in total. The molecular weight excluding hydrogens is 275 g/mol. The average Bonchev–Trinajstić information content (AvgIpc) is 2.45. The third kappa shape index (κ3) is 4.33. The molecule has 0 heterocycles. The summed E-state index contributed by atoms with van der Waals surface area (Å²) in [5.74, 6) is -1.50. The van der Waals surface area contributed by atoms with E-state index < -0.39 is 11.6 Å². The highest BCUT2D eigenvalue weighted by molar-refractivity contribution is 5.25. The summed E-state index contributed by atoms with van der Waals surface area (Å²) in [5, 5.41) is 3.28. The number of hydrogen-bond donors (Lipinski definition) is 1. The van der Waals surface area contributed by atoms with Crippen molar-refractivity contribution in [2.45, 2.75) is 25.8 Å². The van der Waals surface area contributed by atoms with Gasteiger partial charge in [-0.05, 0) is 48.7 Å². The van der Waals surface area contributed by atoms with Crippen LogP contribution in [-0.4, -0.2) is 6.54 Å². The fraction of sp³-hybridized carbons (Fsp3) is 0.294. The molecule has 0 amide bonds. The molecular formula is C17H18F3N. The fourth-order valence-electron chi connectivity index (χ4n) is 2.26. The number of benzene rings is 2. The van der Waals surface area contributed by atoms with E-state index in [1.807, 2.05) is 6.92 Å². The van der Waals surface area contributed by atoms with Crippen molar-refractivity contribution < 1.29 is 13.2 Å². The third-order valence-electron chi connectivity index (χ3n) is 3.33. The Morgan fingerprint density at radius 3 is 2.43 bits per heavy atom. The summed E-state index contributed by atoms with van der Waals surface area (Å²) in [4.78, 5) is 0. The summed E-state index contributed by atoms with van der Waals surface area (Å²) in [6.45, 7) is 2.76. The summed E-state index contributed by atoms with van der Waals surface area (Å²) in [5.41, 5.74) is 1.17. The van der Waals surface area contributed by atoms with Crippen LogP contribution >= 0.6 is 0 Å². The van der Waals surface area contributed by atoms with Gasteiger partial charge < -0.3 is 5.32 Å². The van der Waals surface area contributed by atoms with Gasteiger partial charge in [0.2, 0.25) is 0 Å². The Morgan fingerprint density at radius 2 is 1.76 bits per heavy atom. The average molecular weight is 293 g/mol. The van der Waals surface area contributed by atoms with Gasteiger partial charge in [-0.25, -0.2) is 13.2 Å². The van der Waals surface area contributed by atoms with Crippen LogP contribution in [0.1, 0.15) is 30.5 Å². The predicted molar refractivity (Wildman–Crippen MR) is 77.5 cm³/mol. The highest BCUT2D eigenvalue weighted by atomic mass is 19.1. The lowest BCUT2D eigenvalue weighted by molar-refractivity contribution is 0.505. The van der Waals surface area contributed by atoms with E-state index in [9.17, 15) is 13.2 Å². The Kier molecular flexibility index (Phi) is 5.39. The Bertz CT molecular complexity index is 598. The fourth-order valence-corrected chi connectivity index (χ4v) is 2.26. The Labute approximate surface area is 122 Å². The lowest BCUT2D eigenvalue weighted by Crippen LogP contribution is -2.24. The van der Waals surface area contributed by atoms with E-state index in [1.54, 1.807) is 12.1 Å². The lowest BCUT2D eigenvalue weighted by atomic mass is 9.98. The van der Waals surface area contributed by atoms with Gasteiger partial charge in [-0.2, -0.15) is 0 Å². The Balaban J connectivity index is 2.23. The van der Waals surface area contributed by atoms with Gasteiger partial charge in [0.25, 0.3) is 0 Å². The van der Waals surface area contributed by atoms with Gasteiger partial charge in [-0.1, -0.05) is 25.1 Å². The van der Waals surface area contributed by atoms with Crippen molar-refractivity contribution in [3.05, 3.63) is 71.0 Å². The van der Waals surface area contributed by atoms with Crippen molar-refractivity contribution in [2.24, 2.45) is 0 Å². The molecule has 1 unspecified atom stereocenters. The minimum absolute atomic E-state index is 0.208. The number of halogens is 3. The molecule has 0 aliphatic carbocycles. The summed E-state index contributed by atoms with van der Waals surface area (Å²) in [6, 6.07) is 9.58. The van der Waals surface area contributed by atoms with E-state index >= 15 is 0 Å². The molecule has 2 aromatic rings. The topological polar surface area (TPSA) is 12.0 Å². The van der Waals surface area contributed by atoms with Gasteiger partial charge in [0.1, 0.15) is 17.5 Å². The first-order valence-corrected chi connectivity index (χ1v) is 7.03. The molecule has 21 heavy (non-hydrogen) atoms. The SMILES string of the molecule is CCCNC(Cc1ccc(F)cc1F)c1cccc(F)c1. The maximum Gasteiger partial charge on any atom is 0.129 e. The Morgan fingerprint density at radius 1 is 1.00 bits per heavy atom. The molecule has 0 fully saturated rings. The minimum Gasteiger partial charge on any atom is -0.310 e. The van der Waals surface area contributed by atoms with E-state index in [4.69, 9.17) is 0 Å². The zero-order valence-electron chi connectivity index (χ0n) is 11.9. The second-order valence-corrected chi connectivity index (χ2v) is 5.00. The summed E-state index contributed by atoms with van der Waals surface area (Å²) in [6.07, 6.45) is 1.26. The van der Waals surface area contributed by atoms with Crippen LogP contribution in [-0.2, 0) is 6.42 Å². The van der Waals surface area contributed by atoms with Crippen LogP contribution in [0.25, 0.3) is 0 Å². The van der Waals surface area contributed by atoms with Gasteiger partial charge in [0.05, 0.1) is 0 Å². The van der Waals surface area contributed by atoms with Crippen LogP contribution in [0.4, 0.5) is 13.2 Å². The van der Waals surface area contributed by atoms with Gasteiger partial charge in [-0.3, -0.25) is 0 Å². The van der Waals surface area contributed by atoms with Crippen molar-refractivity contribution in [3.63, 3.8) is 0 Å². The van der Waals surface area contributed by atoms with E-state index in [-0.39, 0.29) is 11.9 Å². The molecule has 0 aliphatic heterocycles. The number of nitrogens with one attached hydrogen (secondary N) is 1. The molecule has 2 aromatic carbocycles. The second kappa shape index (κ2) is 7.27. The van der Waals surface area contributed by atoms with Crippen molar-refractivity contribution >= 4 is 0 Å². The van der Waals surface area contributed by atoms with Crippen molar-refractivity contribution in [1.29, 1.82) is 0 Å². The molecule has 0 radical (unpaired) electrons. The van der Waals surface area contributed by atoms with Gasteiger partial charge >= 0.3 is 0 Å². The normalized spacial score (nSPS) is 12.4. The van der Waals surface area contributed by atoms with Crippen molar-refractivity contribution in [3.8, 4) is 0 Å². The maximum atomic E-state index is 13.8. The largest absolute Gasteiger partial charge is 0.310 e. The standard InChI is InChI=1S/C17H18F3N/c1-2-8-21-17(13-4-3-5-14(18)9-13)10-12-6-7-15(19)11-16(12)20/h3-7,9,11,17,21H,2,8,10H2,1H3. The first-order chi connectivity index (χ1) is 10.1. The molecule has 0 saturated heterocycles. The summed E-state index contributed by atoms with van der Waals surface area (Å²) in [7, 11) is 0. The molecule has 0 bridgehead atoms. The second-order valence-electron chi connectivity index (χ2n) is 5.00. The van der Waals surface area contributed by atoms with Crippen molar-refractivity contribution in [2.75, 3.05) is 6.54 Å². The molecule has 1 atom stereocenters. The van der Waals surface area contributed by atoms with Crippen LogP contribution in [0.5, 0.6) is 0 Å². The van der Waals surface area contributed by atoms with E-state index in [0.29, 0.717) is 12.0 Å². The minimum atomic E-state index is -0.597. The molecule has 2 rings (SSSR count). The number of hydrogen-bond acceptors (Lipinski definition) is 1. The van der Waals surface area contributed by atoms with Crippen LogP contribution < -0.4 is 5.32 Å². The monoisotopic (exact) mass is 293 g/mol. The highest BCUT2D eigenvalue weighted by Gasteiger charge is 2.15. The predicted octanol–water partition coefficient (Wildman–Crippen LogP) is 4.39. The molecule has 0 aliphatic rings. The summed E-state index contributed by atoms with van der Waals surface area (Å²) < 4.78 is 40.1. The van der Waals surface area contributed by atoms with Crippen molar-refractivity contribution in [1.82, 2.24) is 5.32 Å². The summed E-state index contributed by atoms with van der Waals surface area (Å²) >= 11 is 0. The zero-order valence-corrected chi connectivity index (χ0v) is 11.9. The molecule has 0 aromatic heterocycles. The van der Waals surface area contributed by atoms with Gasteiger partial charge in [0, 0.05) is 12.1 Å².